The molecule has 0 aromatic heterocycles. The minimum atomic E-state index is -2.85. The Bertz CT molecular complexity index is 686. The third-order valence-corrected chi connectivity index (χ3v) is 17.1. The van der Waals surface area contributed by atoms with Crippen LogP contribution in [0.2, 0.25) is 22.2 Å². The highest BCUT2D eigenvalue weighted by atomic mass is 28.5. The van der Waals surface area contributed by atoms with Crippen LogP contribution in [0.5, 0.6) is 0 Å². The summed E-state index contributed by atoms with van der Waals surface area (Å²) in [5, 5.41) is 0. The smallest absolute Gasteiger partial charge is 0.335 e. The fourth-order valence-corrected chi connectivity index (χ4v) is 16.1. The molecule has 8 nitrogen and oxygen atoms in total. The van der Waals surface area contributed by atoms with E-state index in [0.29, 0.717) is 6.61 Å². The Balaban J connectivity index is 2.28. The summed E-state index contributed by atoms with van der Waals surface area (Å²) in [6.45, 7) is 18.7. The van der Waals surface area contributed by atoms with Crippen LogP contribution < -0.4 is 0 Å². The van der Waals surface area contributed by atoms with Gasteiger partial charge in [-0.05, 0) is 29.1 Å². The third kappa shape index (κ3) is 6.40. The van der Waals surface area contributed by atoms with Crippen LogP contribution in [-0.4, -0.2) is 74.4 Å². The zero-order chi connectivity index (χ0) is 25.8. The molecule has 2 unspecified atom stereocenters. The van der Waals surface area contributed by atoms with Crippen LogP contribution in [0.25, 0.3) is 0 Å². The first kappa shape index (κ1) is 29.7. The molecular formula is C23H43BO8Si2. The highest BCUT2D eigenvalue weighted by Crippen LogP contribution is 2.47. The van der Waals surface area contributed by atoms with E-state index < -0.39 is 47.4 Å². The molecule has 0 bridgehead atoms. The zero-order valence-corrected chi connectivity index (χ0v) is 24.3. The molecule has 0 aromatic rings. The number of fused-ring (bicyclic) bond motifs is 1. The number of ketones is 1. The van der Waals surface area contributed by atoms with E-state index in [0.717, 1.165) is 0 Å². The lowest BCUT2D eigenvalue weighted by molar-refractivity contribution is -0.166. The molecule has 2 radical (unpaired) electrons. The summed E-state index contributed by atoms with van der Waals surface area (Å²) in [6.07, 6.45) is -1.40. The molecule has 2 saturated heterocycles. The minimum absolute atomic E-state index is 0.0178. The van der Waals surface area contributed by atoms with E-state index in [1.165, 1.54) is 6.92 Å². The van der Waals surface area contributed by atoms with Gasteiger partial charge in [-0.15, -0.1) is 0 Å². The number of rotatable bonds is 10. The van der Waals surface area contributed by atoms with Crippen LogP contribution in [0, 0.1) is 0 Å². The van der Waals surface area contributed by atoms with Gasteiger partial charge < -0.3 is 32.0 Å². The molecule has 0 spiro atoms. The molecule has 2 aliphatic rings. The fourth-order valence-electron chi connectivity index (χ4n) is 4.89. The van der Waals surface area contributed by atoms with Gasteiger partial charge in [-0.3, -0.25) is 4.79 Å². The summed E-state index contributed by atoms with van der Waals surface area (Å²) in [6, 6.07) is -0.757. The Labute approximate surface area is 208 Å². The van der Waals surface area contributed by atoms with Crippen molar-refractivity contribution in [2.45, 2.75) is 122 Å². The minimum Gasteiger partial charge on any atom is -0.438 e. The van der Waals surface area contributed by atoms with Crippen molar-refractivity contribution in [3.63, 3.8) is 0 Å². The van der Waals surface area contributed by atoms with E-state index in [1.807, 2.05) is 0 Å². The number of esters is 1. The van der Waals surface area contributed by atoms with Crippen molar-refractivity contribution in [1.82, 2.24) is 0 Å². The molecule has 34 heavy (non-hydrogen) atoms. The Kier molecular flexibility index (Phi) is 10.6. The van der Waals surface area contributed by atoms with E-state index in [1.54, 1.807) is 0 Å². The van der Waals surface area contributed by atoms with Gasteiger partial charge in [0, 0.05) is 12.4 Å². The van der Waals surface area contributed by atoms with Crippen molar-refractivity contribution < 1.29 is 36.8 Å². The molecule has 4 atom stereocenters. The normalized spacial score (nSPS) is 28.7. The lowest BCUT2D eigenvalue weighted by atomic mass is 9.93. The van der Waals surface area contributed by atoms with Gasteiger partial charge in [0.2, 0.25) is 0 Å². The predicted octanol–water partition coefficient (Wildman–Crippen LogP) is 4.09. The summed E-state index contributed by atoms with van der Waals surface area (Å²) in [5.74, 6) is -0.567. The molecule has 2 aliphatic heterocycles. The van der Waals surface area contributed by atoms with Crippen LogP contribution in [0.15, 0.2) is 0 Å². The van der Waals surface area contributed by atoms with Gasteiger partial charge in [-0.1, -0.05) is 55.4 Å². The van der Waals surface area contributed by atoms with Crippen molar-refractivity contribution in [2.24, 2.45) is 0 Å². The quantitative estimate of drug-likeness (QED) is 0.245. The van der Waals surface area contributed by atoms with Gasteiger partial charge in [0.25, 0.3) is 0 Å². The van der Waals surface area contributed by atoms with Crippen molar-refractivity contribution in [2.75, 3.05) is 13.4 Å². The van der Waals surface area contributed by atoms with E-state index in [9.17, 15) is 9.59 Å². The molecule has 2 fully saturated rings. The van der Waals surface area contributed by atoms with Crippen molar-refractivity contribution >= 4 is 36.7 Å². The van der Waals surface area contributed by atoms with Crippen LogP contribution in [0.4, 0.5) is 0 Å². The number of hydrogen-bond acceptors (Lipinski definition) is 8. The number of carbonyl (C=O) groups excluding carboxylic acids is 2. The lowest BCUT2D eigenvalue weighted by Crippen LogP contribution is -2.66. The topological polar surface area (TPSA) is 89.5 Å². The first-order valence-corrected chi connectivity index (χ1v) is 16.4. The van der Waals surface area contributed by atoms with Crippen molar-refractivity contribution in [3.8, 4) is 0 Å². The molecule has 0 amide bonds. The summed E-state index contributed by atoms with van der Waals surface area (Å²) >= 11 is 0. The summed E-state index contributed by atoms with van der Waals surface area (Å²) < 4.78 is 37.9. The van der Waals surface area contributed by atoms with Crippen LogP contribution >= 0.6 is 0 Å². The van der Waals surface area contributed by atoms with Crippen molar-refractivity contribution in [1.29, 1.82) is 0 Å². The molecule has 0 aliphatic carbocycles. The van der Waals surface area contributed by atoms with Crippen LogP contribution in [-0.2, 0) is 36.8 Å². The first-order valence-electron chi connectivity index (χ1n) is 12.5. The average molecular weight is 515 g/mol. The van der Waals surface area contributed by atoms with Crippen LogP contribution in [0.3, 0.4) is 0 Å². The Morgan fingerprint density at radius 2 is 1.50 bits per heavy atom. The molecule has 0 saturated carbocycles. The Hall–Kier alpha value is -0.561. The van der Waals surface area contributed by atoms with Gasteiger partial charge in [-0.25, -0.2) is 0 Å². The SMILES string of the molecule is [B][C@@H]1O[C@@H]2CO[Si](C(C)C)(C(C)C)O[Si](C(C)C)(C(C)C)OC2C1OCOC(=O)CCC(C)=O. The molecule has 0 N–H and O–H groups in total. The fraction of sp³-hybridized carbons (Fsp3) is 0.913. The average Bonchev–Trinajstić information content (AvgIpc) is 2.99. The second-order valence-corrected chi connectivity index (χ2v) is 19.5. The van der Waals surface area contributed by atoms with Gasteiger partial charge in [0.05, 0.1) is 13.0 Å². The van der Waals surface area contributed by atoms with Gasteiger partial charge in [0.1, 0.15) is 31.9 Å². The summed E-state index contributed by atoms with van der Waals surface area (Å²) in [7, 11) is 0.788. The Morgan fingerprint density at radius 1 is 0.941 bits per heavy atom. The largest absolute Gasteiger partial charge is 0.438 e. The van der Waals surface area contributed by atoms with Crippen molar-refractivity contribution in [3.05, 3.63) is 0 Å². The Morgan fingerprint density at radius 3 is 2.00 bits per heavy atom. The van der Waals surface area contributed by atoms with E-state index in [-0.39, 0.29) is 47.6 Å². The molecule has 2 rings (SSSR count). The monoisotopic (exact) mass is 514 g/mol. The predicted molar refractivity (Wildman–Crippen MR) is 134 cm³/mol. The molecule has 194 valence electrons. The highest BCUT2D eigenvalue weighted by Gasteiger charge is 2.61. The highest BCUT2D eigenvalue weighted by molar-refractivity contribution is 6.84. The molecular weight excluding hydrogens is 471 g/mol. The molecule has 11 heteroatoms. The van der Waals surface area contributed by atoms with Crippen LogP contribution in [0.1, 0.15) is 75.2 Å². The standard InChI is InChI=1S/C23H43BO8Si2/c1-14(2)33(15(3)4)29-12-19-21(31-34(32-33,16(5)6)17(7)8)22(23(24)30-19)28-13-27-20(26)11-10-18(9)25/h14-17,19,21-23H,10-13H2,1-9H3/t19-,21?,22?,23-/m1/s1. The van der Waals surface area contributed by atoms with E-state index in [2.05, 4.69) is 55.4 Å². The molecule has 0 aromatic carbocycles. The number of carbonyl (C=O) groups is 2. The van der Waals surface area contributed by atoms with Gasteiger partial charge in [0.15, 0.2) is 6.79 Å². The number of ether oxygens (including phenoxy) is 3. The number of hydrogen-bond donors (Lipinski definition) is 0. The second kappa shape index (κ2) is 12.1. The maximum Gasteiger partial charge on any atom is 0.335 e. The summed E-state index contributed by atoms with van der Waals surface area (Å²) in [5.41, 5.74) is 0.768. The summed E-state index contributed by atoms with van der Waals surface area (Å²) in [4.78, 5) is 23.0. The van der Waals surface area contributed by atoms with Gasteiger partial charge in [-0.2, -0.15) is 0 Å². The molecule has 2 heterocycles. The first-order chi connectivity index (χ1) is 15.8. The second-order valence-electron chi connectivity index (χ2n) is 10.7. The number of Topliss-reactive ketones (excluding diaryl/α,β-unsaturated/α-hetero) is 1. The maximum absolute atomic E-state index is 11.9. The third-order valence-electron chi connectivity index (χ3n) is 6.84. The maximum atomic E-state index is 11.9. The lowest BCUT2D eigenvalue weighted by Gasteiger charge is -2.51. The van der Waals surface area contributed by atoms with Gasteiger partial charge >= 0.3 is 23.1 Å². The van der Waals surface area contributed by atoms with E-state index >= 15 is 0 Å². The van der Waals surface area contributed by atoms with E-state index in [4.69, 9.17) is 35.0 Å². The zero-order valence-electron chi connectivity index (χ0n) is 22.3.